The Labute approximate surface area is 150 Å². The smallest absolute Gasteiger partial charge is 0.322 e. The van der Waals surface area contributed by atoms with Crippen LogP contribution >= 0.6 is 0 Å². The monoisotopic (exact) mass is 357 g/mol. The Morgan fingerprint density at radius 1 is 1.12 bits per heavy atom. The minimum atomic E-state index is -0.594. The molecule has 1 aliphatic rings. The first-order valence-corrected chi connectivity index (χ1v) is 8.35. The minimum absolute atomic E-state index is 0.325. The molecule has 3 amide bonds. The summed E-state index contributed by atoms with van der Waals surface area (Å²) in [7, 11) is 1.55. The Kier molecular flexibility index (Phi) is 5.36. The number of carbonyl (C=O) groups is 2. The van der Waals surface area contributed by atoms with Gasteiger partial charge in [0.2, 0.25) is 5.91 Å². The van der Waals surface area contributed by atoms with Crippen LogP contribution in [0.3, 0.4) is 0 Å². The third-order valence-corrected chi connectivity index (χ3v) is 4.23. The number of carbonyl (C=O) groups excluding carboxylic acids is 2. The molecule has 0 spiro atoms. The first kappa shape index (κ1) is 17.7. The van der Waals surface area contributed by atoms with Gasteiger partial charge >= 0.3 is 6.03 Å². The van der Waals surface area contributed by atoms with Gasteiger partial charge in [0, 0.05) is 24.0 Å². The average molecular weight is 357 g/mol. The molecule has 7 heteroatoms. The van der Waals surface area contributed by atoms with Gasteiger partial charge in [-0.3, -0.25) is 4.79 Å². The van der Waals surface area contributed by atoms with Gasteiger partial charge in [0.15, 0.2) is 0 Å². The predicted octanol–water partition coefficient (Wildman–Crippen LogP) is 3.47. The van der Waals surface area contributed by atoms with Gasteiger partial charge in [-0.15, -0.1) is 0 Å². The first-order chi connectivity index (χ1) is 12.6. The van der Waals surface area contributed by atoms with Crippen LogP contribution in [0.2, 0.25) is 0 Å². The van der Waals surface area contributed by atoms with E-state index in [1.807, 2.05) is 0 Å². The van der Waals surface area contributed by atoms with Crippen molar-refractivity contribution in [1.29, 1.82) is 0 Å². The lowest BCUT2D eigenvalue weighted by Crippen LogP contribution is -2.45. The fraction of sp³-hybridized carbons (Fsp3) is 0.263. The van der Waals surface area contributed by atoms with E-state index in [2.05, 4.69) is 10.6 Å². The highest BCUT2D eigenvalue weighted by Gasteiger charge is 2.34. The summed E-state index contributed by atoms with van der Waals surface area (Å²) in [5, 5.41) is 5.45. The van der Waals surface area contributed by atoms with Gasteiger partial charge in [-0.05, 0) is 43.2 Å². The number of amides is 3. The van der Waals surface area contributed by atoms with Gasteiger partial charge in [-0.25, -0.2) is 9.18 Å². The molecule has 0 radical (unpaired) electrons. The van der Waals surface area contributed by atoms with E-state index >= 15 is 0 Å². The number of methoxy groups -OCH3 is 1. The fourth-order valence-corrected chi connectivity index (χ4v) is 2.97. The predicted molar refractivity (Wildman–Crippen MR) is 96.8 cm³/mol. The standard InChI is InChI=1S/C19H20FN3O3/c1-26-16-8-3-7-15(12-16)22-19(25)23-10-4-9-17(23)18(24)21-14-6-2-5-13(20)11-14/h2-3,5-8,11-12,17H,4,9-10H2,1H3,(H,21,24)(H,22,25). The van der Waals surface area contributed by atoms with E-state index in [1.165, 1.54) is 23.1 Å². The van der Waals surface area contributed by atoms with Crippen molar-refractivity contribution in [1.82, 2.24) is 4.90 Å². The third kappa shape index (κ3) is 4.11. The highest BCUT2D eigenvalue weighted by atomic mass is 19.1. The molecule has 2 aromatic rings. The molecule has 0 saturated carbocycles. The van der Waals surface area contributed by atoms with Crippen molar-refractivity contribution in [2.45, 2.75) is 18.9 Å². The van der Waals surface area contributed by atoms with Crippen molar-refractivity contribution in [3.8, 4) is 5.75 Å². The molecule has 3 rings (SSSR count). The number of urea groups is 1. The number of hydrogen-bond acceptors (Lipinski definition) is 3. The summed E-state index contributed by atoms with van der Waals surface area (Å²) >= 11 is 0. The van der Waals surface area contributed by atoms with Gasteiger partial charge in [0.25, 0.3) is 0 Å². The van der Waals surface area contributed by atoms with E-state index in [1.54, 1.807) is 37.4 Å². The average Bonchev–Trinajstić information content (AvgIpc) is 3.12. The van der Waals surface area contributed by atoms with Crippen LogP contribution in [0.15, 0.2) is 48.5 Å². The van der Waals surface area contributed by atoms with Crippen LogP contribution in [0.1, 0.15) is 12.8 Å². The zero-order valence-corrected chi connectivity index (χ0v) is 14.4. The number of rotatable bonds is 4. The molecular formula is C19H20FN3O3. The zero-order chi connectivity index (χ0) is 18.5. The lowest BCUT2D eigenvalue weighted by atomic mass is 10.2. The van der Waals surface area contributed by atoms with Crippen molar-refractivity contribution in [2.75, 3.05) is 24.3 Å². The van der Waals surface area contributed by atoms with E-state index < -0.39 is 11.9 Å². The second kappa shape index (κ2) is 7.86. The van der Waals surface area contributed by atoms with Crippen molar-refractivity contribution < 1.29 is 18.7 Å². The molecule has 1 saturated heterocycles. The normalized spacial score (nSPS) is 16.2. The summed E-state index contributed by atoms with van der Waals surface area (Å²) in [4.78, 5) is 26.6. The highest BCUT2D eigenvalue weighted by Crippen LogP contribution is 2.22. The van der Waals surface area contributed by atoms with Crippen LogP contribution in [-0.2, 0) is 4.79 Å². The second-order valence-corrected chi connectivity index (χ2v) is 6.01. The summed E-state index contributed by atoms with van der Waals surface area (Å²) in [6, 6.07) is 11.7. The van der Waals surface area contributed by atoms with Gasteiger partial charge in [0.05, 0.1) is 7.11 Å². The number of nitrogens with one attached hydrogen (secondary N) is 2. The molecular weight excluding hydrogens is 337 g/mol. The quantitative estimate of drug-likeness (QED) is 0.880. The summed E-state index contributed by atoms with van der Waals surface area (Å²) < 4.78 is 18.4. The van der Waals surface area contributed by atoms with Crippen molar-refractivity contribution in [3.05, 3.63) is 54.3 Å². The molecule has 1 fully saturated rings. The van der Waals surface area contributed by atoms with Crippen LogP contribution in [0.5, 0.6) is 5.75 Å². The lowest BCUT2D eigenvalue weighted by Gasteiger charge is -2.24. The Morgan fingerprint density at radius 2 is 1.85 bits per heavy atom. The summed E-state index contributed by atoms with van der Waals surface area (Å²) in [5.41, 5.74) is 0.959. The highest BCUT2D eigenvalue weighted by molar-refractivity contribution is 5.99. The molecule has 1 atom stereocenters. The topological polar surface area (TPSA) is 70.7 Å². The molecule has 0 bridgehead atoms. The van der Waals surface area contributed by atoms with Crippen LogP contribution in [0.4, 0.5) is 20.6 Å². The van der Waals surface area contributed by atoms with Crippen molar-refractivity contribution >= 4 is 23.3 Å². The molecule has 1 heterocycles. The Hall–Kier alpha value is -3.09. The van der Waals surface area contributed by atoms with Crippen LogP contribution in [0.25, 0.3) is 0 Å². The van der Waals surface area contributed by atoms with Crippen molar-refractivity contribution in [3.63, 3.8) is 0 Å². The van der Waals surface area contributed by atoms with Gasteiger partial charge in [-0.2, -0.15) is 0 Å². The zero-order valence-electron chi connectivity index (χ0n) is 14.4. The number of nitrogens with zero attached hydrogens (tertiary/aromatic N) is 1. The molecule has 0 aliphatic carbocycles. The number of halogens is 1. The summed E-state index contributed by atoms with van der Waals surface area (Å²) in [5.74, 6) is -0.125. The van der Waals surface area contributed by atoms with Crippen molar-refractivity contribution in [2.24, 2.45) is 0 Å². The fourth-order valence-electron chi connectivity index (χ4n) is 2.97. The molecule has 1 unspecified atom stereocenters. The number of hydrogen-bond donors (Lipinski definition) is 2. The van der Waals surface area contributed by atoms with Gasteiger partial charge < -0.3 is 20.3 Å². The first-order valence-electron chi connectivity index (χ1n) is 8.35. The molecule has 6 nitrogen and oxygen atoms in total. The third-order valence-electron chi connectivity index (χ3n) is 4.23. The second-order valence-electron chi connectivity index (χ2n) is 6.01. The summed E-state index contributed by atoms with van der Waals surface area (Å²) in [6.07, 6.45) is 1.29. The molecule has 1 aliphatic heterocycles. The number of likely N-dealkylation sites (tertiary alicyclic amines) is 1. The Bertz CT molecular complexity index is 812. The van der Waals surface area contributed by atoms with E-state index in [4.69, 9.17) is 4.74 Å². The molecule has 26 heavy (non-hydrogen) atoms. The number of anilines is 2. The van der Waals surface area contributed by atoms with Crippen LogP contribution < -0.4 is 15.4 Å². The molecule has 0 aromatic heterocycles. The maximum atomic E-state index is 13.3. The number of ether oxygens (including phenoxy) is 1. The van der Waals surface area contributed by atoms with Crippen LogP contribution in [0, 0.1) is 5.82 Å². The molecule has 2 aromatic carbocycles. The lowest BCUT2D eigenvalue weighted by molar-refractivity contribution is -0.119. The Balaban J connectivity index is 1.66. The van der Waals surface area contributed by atoms with Gasteiger partial charge in [-0.1, -0.05) is 12.1 Å². The van der Waals surface area contributed by atoms with E-state index in [0.717, 1.165) is 6.42 Å². The Morgan fingerprint density at radius 3 is 2.58 bits per heavy atom. The molecule has 136 valence electrons. The minimum Gasteiger partial charge on any atom is -0.497 e. The van der Waals surface area contributed by atoms with E-state index in [0.29, 0.717) is 30.1 Å². The van der Waals surface area contributed by atoms with E-state index in [-0.39, 0.29) is 11.9 Å². The van der Waals surface area contributed by atoms with E-state index in [9.17, 15) is 14.0 Å². The maximum absolute atomic E-state index is 13.3. The van der Waals surface area contributed by atoms with Crippen LogP contribution in [-0.4, -0.2) is 36.5 Å². The summed E-state index contributed by atoms with van der Waals surface area (Å²) in [6.45, 7) is 0.483. The maximum Gasteiger partial charge on any atom is 0.322 e. The number of benzene rings is 2. The molecule has 2 N–H and O–H groups in total. The SMILES string of the molecule is COc1cccc(NC(=O)N2CCCC2C(=O)Nc2cccc(F)c2)c1. The van der Waals surface area contributed by atoms with Gasteiger partial charge in [0.1, 0.15) is 17.6 Å². The largest absolute Gasteiger partial charge is 0.497 e.